The zero-order valence-electron chi connectivity index (χ0n) is 20.4. The number of hydrogen-bond donors (Lipinski definition) is 2. The van der Waals surface area contributed by atoms with E-state index in [0.29, 0.717) is 37.4 Å². The van der Waals surface area contributed by atoms with Gasteiger partial charge < -0.3 is 20.1 Å². The summed E-state index contributed by atoms with van der Waals surface area (Å²) in [4.78, 5) is 39.9. The van der Waals surface area contributed by atoms with Gasteiger partial charge in [-0.25, -0.2) is 4.79 Å². The molecule has 0 aromatic carbocycles. The third-order valence-electron chi connectivity index (χ3n) is 5.73. The fourth-order valence-corrected chi connectivity index (χ4v) is 3.94. The third-order valence-corrected chi connectivity index (χ3v) is 5.73. The van der Waals surface area contributed by atoms with E-state index in [-0.39, 0.29) is 29.5 Å². The SMILES string of the molecule is CC(C)Cn1c(O)c(C(=O)NC2CC2)c(=O)n2nc(C3=CCN(C(=O)OC(C)(C)C)CC3)cc12. The number of hydrogen-bond acceptors (Lipinski definition) is 6. The minimum atomic E-state index is -0.649. The molecule has 2 N–H and O–H groups in total. The summed E-state index contributed by atoms with van der Waals surface area (Å²) in [6, 6.07) is 1.80. The van der Waals surface area contributed by atoms with Gasteiger partial charge in [0.05, 0.1) is 5.69 Å². The zero-order chi connectivity index (χ0) is 24.8. The van der Waals surface area contributed by atoms with Gasteiger partial charge in [-0.2, -0.15) is 9.61 Å². The van der Waals surface area contributed by atoms with Crippen molar-refractivity contribution in [2.45, 2.75) is 72.1 Å². The molecule has 0 saturated heterocycles. The van der Waals surface area contributed by atoms with Crippen molar-refractivity contribution in [1.82, 2.24) is 24.4 Å². The number of ether oxygens (including phenoxy) is 1. The van der Waals surface area contributed by atoms with E-state index in [9.17, 15) is 19.5 Å². The molecular formula is C24H33N5O5. The molecule has 3 heterocycles. The standard InChI is InChI=1S/C24H33N5O5/c1-14(2)13-28-18-12-17(15-8-10-27(11-9-15)23(33)34-24(3,4)5)26-29(18)22(32)19(21(28)31)20(30)25-16-6-7-16/h8,12,14,16,31H,6-7,9-11,13H2,1-5H3,(H,25,30). The van der Waals surface area contributed by atoms with Crippen LogP contribution in [0.3, 0.4) is 0 Å². The molecule has 1 aliphatic carbocycles. The van der Waals surface area contributed by atoms with Crippen molar-refractivity contribution in [3.63, 3.8) is 0 Å². The smallest absolute Gasteiger partial charge is 0.410 e. The fraction of sp³-hybridized carbons (Fsp3) is 0.583. The van der Waals surface area contributed by atoms with Gasteiger partial charge in [0.15, 0.2) is 5.56 Å². The van der Waals surface area contributed by atoms with Crippen molar-refractivity contribution in [1.29, 1.82) is 0 Å². The molecule has 1 saturated carbocycles. The highest BCUT2D eigenvalue weighted by atomic mass is 16.6. The lowest BCUT2D eigenvalue weighted by Gasteiger charge is -2.29. The van der Waals surface area contributed by atoms with E-state index >= 15 is 0 Å². The van der Waals surface area contributed by atoms with Crippen LogP contribution in [0.2, 0.25) is 0 Å². The molecule has 0 atom stereocenters. The maximum absolute atomic E-state index is 13.2. The summed E-state index contributed by atoms with van der Waals surface area (Å²) in [5.41, 5.74) is 0.389. The number of nitrogens with zero attached hydrogens (tertiary/aromatic N) is 4. The summed E-state index contributed by atoms with van der Waals surface area (Å²) < 4.78 is 8.21. The summed E-state index contributed by atoms with van der Waals surface area (Å²) in [5.74, 6) is -0.762. The molecular weight excluding hydrogens is 438 g/mol. The highest BCUT2D eigenvalue weighted by Gasteiger charge is 2.30. The lowest BCUT2D eigenvalue weighted by molar-refractivity contribution is 0.0270. The second kappa shape index (κ2) is 8.81. The lowest BCUT2D eigenvalue weighted by atomic mass is 10.1. The van der Waals surface area contributed by atoms with Crippen LogP contribution >= 0.6 is 0 Å². The van der Waals surface area contributed by atoms with Crippen LogP contribution in [-0.2, 0) is 11.3 Å². The maximum Gasteiger partial charge on any atom is 0.410 e. The normalized spacial score (nSPS) is 16.6. The number of nitrogens with one attached hydrogen (secondary N) is 1. The van der Waals surface area contributed by atoms with Crippen LogP contribution in [0.25, 0.3) is 11.2 Å². The molecule has 1 fully saturated rings. The second-order valence-corrected chi connectivity index (χ2v) is 10.5. The summed E-state index contributed by atoms with van der Waals surface area (Å²) in [6.07, 6.45) is 3.81. The van der Waals surface area contributed by atoms with Gasteiger partial charge in [-0.05, 0) is 51.5 Å². The molecule has 2 aliphatic rings. The average Bonchev–Trinajstić information content (AvgIpc) is 3.43. The van der Waals surface area contributed by atoms with E-state index in [1.165, 1.54) is 4.52 Å². The summed E-state index contributed by atoms with van der Waals surface area (Å²) in [5, 5.41) is 18.2. The minimum absolute atomic E-state index is 0.0500. The Morgan fingerprint density at radius 1 is 1.29 bits per heavy atom. The summed E-state index contributed by atoms with van der Waals surface area (Å²) in [6.45, 7) is 10.7. The Morgan fingerprint density at radius 3 is 2.56 bits per heavy atom. The Labute approximate surface area is 198 Å². The number of amides is 2. The summed E-state index contributed by atoms with van der Waals surface area (Å²) >= 11 is 0. The topological polar surface area (TPSA) is 118 Å². The lowest BCUT2D eigenvalue weighted by Crippen LogP contribution is -2.39. The first kappa shape index (κ1) is 23.8. The second-order valence-electron chi connectivity index (χ2n) is 10.5. The van der Waals surface area contributed by atoms with Crippen LogP contribution in [0.15, 0.2) is 16.9 Å². The molecule has 0 spiro atoms. The van der Waals surface area contributed by atoms with Crippen LogP contribution < -0.4 is 10.9 Å². The number of rotatable bonds is 5. The van der Waals surface area contributed by atoms with Crippen molar-refractivity contribution in [3.8, 4) is 5.88 Å². The molecule has 34 heavy (non-hydrogen) atoms. The van der Waals surface area contributed by atoms with Crippen LogP contribution in [0.5, 0.6) is 5.88 Å². The van der Waals surface area contributed by atoms with Gasteiger partial charge in [0, 0.05) is 31.7 Å². The molecule has 0 unspecified atom stereocenters. The molecule has 2 amide bonds. The monoisotopic (exact) mass is 471 g/mol. The zero-order valence-corrected chi connectivity index (χ0v) is 20.4. The fourth-order valence-electron chi connectivity index (χ4n) is 3.94. The van der Waals surface area contributed by atoms with Crippen LogP contribution in [0.1, 0.15) is 69.9 Å². The van der Waals surface area contributed by atoms with E-state index in [0.717, 1.165) is 18.4 Å². The Bertz CT molecular complexity index is 1210. The number of aromatic nitrogens is 3. The van der Waals surface area contributed by atoms with Gasteiger partial charge in [-0.15, -0.1) is 0 Å². The molecule has 2 aromatic rings. The third kappa shape index (κ3) is 4.95. The van der Waals surface area contributed by atoms with Gasteiger partial charge in [-0.3, -0.25) is 14.2 Å². The minimum Gasteiger partial charge on any atom is -0.494 e. The van der Waals surface area contributed by atoms with Crippen molar-refractivity contribution in [2.24, 2.45) is 5.92 Å². The number of aromatic hydroxyl groups is 1. The molecule has 10 heteroatoms. The van der Waals surface area contributed by atoms with Gasteiger partial charge >= 0.3 is 6.09 Å². The van der Waals surface area contributed by atoms with Gasteiger partial charge in [-0.1, -0.05) is 19.9 Å². The molecule has 0 radical (unpaired) electrons. The maximum atomic E-state index is 13.2. The van der Waals surface area contributed by atoms with Crippen molar-refractivity contribution in [3.05, 3.63) is 33.8 Å². The molecule has 2 aromatic heterocycles. The molecule has 4 rings (SSSR count). The first-order valence-corrected chi connectivity index (χ1v) is 11.8. The van der Waals surface area contributed by atoms with Crippen LogP contribution in [0, 0.1) is 5.92 Å². The van der Waals surface area contributed by atoms with E-state index in [1.54, 1.807) is 15.5 Å². The van der Waals surface area contributed by atoms with Gasteiger partial charge in [0.1, 0.15) is 11.2 Å². The van der Waals surface area contributed by atoms with E-state index in [2.05, 4.69) is 10.4 Å². The molecule has 1 aliphatic heterocycles. The first-order chi connectivity index (χ1) is 15.9. The Balaban J connectivity index is 1.69. The number of carbonyl (C=O) groups is 2. The quantitative estimate of drug-likeness (QED) is 0.692. The van der Waals surface area contributed by atoms with Crippen molar-refractivity contribution < 1.29 is 19.4 Å². The highest BCUT2D eigenvalue weighted by molar-refractivity contribution is 5.96. The van der Waals surface area contributed by atoms with E-state index < -0.39 is 17.1 Å². The van der Waals surface area contributed by atoms with E-state index in [4.69, 9.17) is 4.74 Å². The molecule has 0 bridgehead atoms. The van der Waals surface area contributed by atoms with E-state index in [1.807, 2.05) is 40.7 Å². The van der Waals surface area contributed by atoms with Crippen molar-refractivity contribution >= 4 is 23.2 Å². The predicted molar refractivity (Wildman–Crippen MR) is 127 cm³/mol. The first-order valence-electron chi connectivity index (χ1n) is 11.8. The Hall–Kier alpha value is -3.30. The largest absolute Gasteiger partial charge is 0.494 e. The van der Waals surface area contributed by atoms with Gasteiger partial charge in [0.2, 0.25) is 5.88 Å². The average molecular weight is 472 g/mol. The Morgan fingerprint density at radius 2 is 2.00 bits per heavy atom. The summed E-state index contributed by atoms with van der Waals surface area (Å²) in [7, 11) is 0. The molecule has 10 nitrogen and oxygen atoms in total. The number of carbonyl (C=O) groups excluding carboxylic acids is 2. The number of fused-ring (bicyclic) bond motifs is 1. The van der Waals surface area contributed by atoms with Crippen molar-refractivity contribution in [2.75, 3.05) is 13.1 Å². The van der Waals surface area contributed by atoms with Crippen LogP contribution in [-0.4, -0.2) is 60.9 Å². The Kier molecular flexibility index (Phi) is 6.18. The molecule has 184 valence electrons. The predicted octanol–water partition coefficient (Wildman–Crippen LogP) is 2.77. The van der Waals surface area contributed by atoms with Crippen LogP contribution in [0.4, 0.5) is 4.79 Å². The van der Waals surface area contributed by atoms with Gasteiger partial charge in [0.25, 0.3) is 11.5 Å². The highest BCUT2D eigenvalue weighted by Crippen LogP contribution is 2.27.